The molecule has 0 heterocycles. The first kappa shape index (κ1) is 8.32. The monoisotopic (exact) mass is 178 g/mol. The zero-order valence-corrected chi connectivity index (χ0v) is 9.81. The van der Waals surface area contributed by atoms with Crippen LogP contribution in [0.1, 0.15) is 41.5 Å². The van der Waals surface area contributed by atoms with Gasteiger partial charge in [-0.05, 0) is 39.9 Å². The van der Waals surface area contributed by atoms with Gasteiger partial charge in [-0.2, -0.15) is 0 Å². The molecule has 3 aliphatic carbocycles. The molecule has 13 heavy (non-hydrogen) atoms. The maximum atomic E-state index is 2.55. The Hall–Kier alpha value is 0. The van der Waals surface area contributed by atoms with Crippen molar-refractivity contribution in [1.82, 2.24) is 0 Å². The average molecular weight is 178 g/mol. The van der Waals surface area contributed by atoms with E-state index in [0.717, 1.165) is 34.5 Å². The van der Waals surface area contributed by atoms with Crippen LogP contribution in [-0.2, 0) is 0 Å². The maximum absolute atomic E-state index is 2.55. The molecule has 3 saturated carbocycles. The summed E-state index contributed by atoms with van der Waals surface area (Å²) in [6.45, 7) is 14.8. The lowest BCUT2D eigenvalue weighted by Gasteiger charge is -2.31. The number of hydrogen-bond acceptors (Lipinski definition) is 0. The standard InChI is InChI=1S/C13H22/c1-7(2)8(3)11(5)12(6)10-9(4)13(10,11)12/h7-10H,1-6H3. The van der Waals surface area contributed by atoms with E-state index in [2.05, 4.69) is 41.5 Å². The van der Waals surface area contributed by atoms with Crippen molar-refractivity contribution in [3.63, 3.8) is 0 Å². The second-order valence-corrected chi connectivity index (χ2v) is 6.57. The zero-order valence-electron chi connectivity index (χ0n) is 9.81. The molecule has 6 atom stereocenters. The number of hydrogen-bond donors (Lipinski definition) is 0. The molecule has 0 nitrogen and oxygen atoms in total. The van der Waals surface area contributed by atoms with Crippen molar-refractivity contribution >= 4 is 0 Å². The minimum atomic E-state index is 0.707. The van der Waals surface area contributed by atoms with Gasteiger partial charge in [0.05, 0.1) is 0 Å². The van der Waals surface area contributed by atoms with Gasteiger partial charge >= 0.3 is 0 Å². The summed E-state index contributed by atoms with van der Waals surface area (Å²) in [5.41, 5.74) is 2.32. The third-order valence-corrected chi connectivity index (χ3v) is 6.78. The molecule has 3 aliphatic rings. The molecule has 6 unspecified atom stereocenters. The van der Waals surface area contributed by atoms with Gasteiger partial charge in [-0.25, -0.2) is 0 Å². The van der Waals surface area contributed by atoms with E-state index in [4.69, 9.17) is 0 Å². The average Bonchev–Trinajstić information content (AvgIpc) is 2.93. The van der Waals surface area contributed by atoms with Crippen LogP contribution in [-0.4, -0.2) is 0 Å². The van der Waals surface area contributed by atoms with Gasteiger partial charge < -0.3 is 0 Å². The summed E-state index contributed by atoms with van der Waals surface area (Å²) in [6, 6.07) is 0. The van der Waals surface area contributed by atoms with E-state index in [9.17, 15) is 0 Å². The topological polar surface area (TPSA) is 0 Å². The van der Waals surface area contributed by atoms with E-state index >= 15 is 0 Å². The minimum absolute atomic E-state index is 0.707. The predicted octanol–water partition coefficient (Wildman–Crippen LogP) is 3.57. The third kappa shape index (κ3) is 0.427. The Morgan fingerprint density at radius 1 is 1.08 bits per heavy atom. The SMILES string of the molecule is CC(C)C(C)C1(C)C2(C)C3C(C)C312. The fraction of sp³-hybridized carbons (Fsp3) is 1.00. The molecule has 0 radical (unpaired) electrons. The van der Waals surface area contributed by atoms with Crippen LogP contribution in [0, 0.1) is 39.9 Å². The molecule has 74 valence electrons. The van der Waals surface area contributed by atoms with Gasteiger partial charge in [0.25, 0.3) is 0 Å². The van der Waals surface area contributed by atoms with Crippen molar-refractivity contribution in [1.29, 1.82) is 0 Å². The molecule has 0 aromatic heterocycles. The smallest absolute Gasteiger partial charge is 0.0108 e. The van der Waals surface area contributed by atoms with Gasteiger partial charge in [0.15, 0.2) is 0 Å². The molecule has 0 heteroatoms. The van der Waals surface area contributed by atoms with Gasteiger partial charge in [-0.1, -0.05) is 41.5 Å². The molecule has 1 spiro atoms. The second kappa shape index (κ2) is 1.61. The molecule has 0 saturated heterocycles. The van der Waals surface area contributed by atoms with E-state index in [1.165, 1.54) is 0 Å². The largest absolute Gasteiger partial charge is 0.0625 e. The van der Waals surface area contributed by atoms with Crippen LogP contribution in [0.4, 0.5) is 0 Å². The van der Waals surface area contributed by atoms with Crippen LogP contribution in [0.5, 0.6) is 0 Å². The molecule has 0 aromatic rings. The van der Waals surface area contributed by atoms with E-state index in [0.29, 0.717) is 5.41 Å². The van der Waals surface area contributed by atoms with Gasteiger partial charge in [0.2, 0.25) is 0 Å². The van der Waals surface area contributed by atoms with Crippen LogP contribution in [0.2, 0.25) is 0 Å². The van der Waals surface area contributed by atoms with Crippen molar-refractivity contribution in [3.05, 3.63) is 0 Å². The van der Waals surface area contributed by atoms with Crippen LogP contribution >= 0.6 is 0 Å². The summed E-state index contributed by atoms with van der Waals surface area (Å²) in [5.74, 6) is 3.96. The Balaban J connectivity index is 1.88. The third-order valence-electron chi connectivity index (χ3n) is 6.78. The Morgan fingerprint density at radius 3 is 1.85 bits per heavy atom. The summed E-state index contributed by atoms with van der Waals surface area (Å²) in [4.78, 5) is 0. The van der Waals surface area contributed by atoms with Gasteiger partial charge in [-0.15, -0.1) is 0 Å². The zero-order chi connectivity index (χ0) is 9.81. The van der Waals surface area contributed by atoms with Crippen molar-refractivity contribution in [3.8, 4) is 0 Å². The van der Waals surface area contributed by atoms with E-state index in [1.54, 1.807) is 0 Å². The Labute approximate surface area is 82.1 Å². The lowest BCUT2D eigenvalue weighted by Crippen LogP contribution is -2.25. The Bertz CT molecular complexity index is 292. The molecule has 0 amide bonds. The summed E-state index contributed by atoms with van der Waals surface area (Å²) in [6.07, 6.45) is 0. The minimum Gasteiger partial charge on any atom is -0.0625 e. The molecule has 0 aromatic carbocycles. The first-order valence-corrected chi connectivity index (χ1v) is 5.88. The van der Waals surface area contributed by atoms with Crippen LogP contribution in [0.25, 0.3) is 0 Å². The number of fused-ring (bicyclic) bond motifs is 1. The van der Waals surface area contributed by atoms with Crippen LogP contribution in [0.15, 0.2) is 0 Å². The lowest BCUT2D eigenvalue weighted by atomic mass is 9.74. The molecule has 3 rings (SSSR count). The van der Waals surface area contributed by atoms with E-state index in [-0.39, 0.29) is 0 Å². The molecule has 0 N–H and O–H groups in total. The van der Waals surface area contributed by atoms with Gasteiger partial charge in [-0.3, -0.25) is 0 Å². The highest BCUT2D eigenvalue weighted by Crippen LogP contribution is 3.17. The van der Waals surface area contributed by atoms with Crippen molar-refractivity contribution in [2.24, 2.45) is 39.9 Å². The quantitative estimate of drug-likeness (QED) is 0.606. The fourth-order valence-electron chi connectivity index (χ4n) is 5.71. The summed E-state index contributed by atoms with van der Waals surface area (Å²) >= 11 is 0. The number of rotatable bonds is 2. The van der Waals surface area contributed by atoms with E-state index < -0.39 is 0 Å². The first-order valence-electron chi connectivity index (χ1n) is 5.88. The molecule has 0 aliphatic heterocycles. The van der Waals surface area contributed by atoms with E-state index in [1.807, 2.05) is 0 Å². The normalized spacial score (nSPS) is 68.5. The highest BCUT2D eigenvalue weighted by atomic mass is 15.2. The highest BCUT2D eigenvalue weighted by molar-refractivity contribution is 5.59. The second-order valence-electron chi connectivity index (χ2n) is 6.57. The maximum Gasteiger partial charge on any atom is -0.0108 e. The summed E-state index contributed by atoms with van der Waals surface area (Å²) in [5, 5.41) is 0. The van der Waals surface area contributed by atoms with Crippen LogP contribution in [0.3, 0.4) is 0 Å². The Morgan fingerprint density at radius 2 is 1.62 bits per heavy atom. The van der Waals surface area contributed by atoms with Crippen LogP contribution < -0.4 is 0 Å². The lowest BCUT2D eigenvalue weighted by molar-refractivity contribution is 0.171. The summed E-state index contributed by atoms with van der Waals surface area (Å²) < 4.78 is 0. The molecular formula is C13H22. The molecule has 3 fully saturated rings. The molecular weight excluding hydrogens is 156 g/mol. The molecule has 0 bridgehead atoms. The fourth-order valence-corrected chi connectivity index (χ4v) is 5.71. The predicted molar refractivity (Wildman–Crippen MR) is 55.3 cm³/mol. The van der Waals surface area contributed by atoms with Gasteiger partial charge in [0, 0.05) is 0 Å². The van der Waals surface area contributed by atoms with Gasteiger partial charge in [0.1, 0.15) is 0 Å². The first-order chi connectivity index (χ1) is 5.88. The van der Waals surface area contributed by atoms with Crippen molar-refractivity contribution in [2.75, 3.05) is 0 Å². The van der Waals surface area contributed by atoms with Crippen molar-refractivity contribution < 1.29 is 0 Å². The Kier molecular flexibility index (Phi) is 1.03. The van der Waals surface area contributed by atoms with Crippen molar-refractivity contribution in [2.45, 2.75) is 41.5 Å². The highest BCUT2D eigenvalue weighted by Gasteiger charge is 3.14. The summed E-state index contributed by atoms with van der Waals surface area (Å²) in [7, 11) is 0.